The standard InChI is InChI=1S/C27H32N6O5/c34-22(25(37)29-17-4-5-17)19(13-16-6-10-28-23(16)35)30-24(36)21-15-27(7-8-27)9-12-32(21)26(38)20-14-18-3-1-2-11-33(18)31-20/h1-3,11,14,16-17,19,21H,4-10,12-13,15H2,(H,28,35)(H,29,37)(H,30,36). The summed E-state index contributed by atoms with van der Waals surface area (Å²) in [5, 5.41) is 12.6. The van der Waals surface area contributed by atoms with E-state index >= 15 is 0 Å². The predicted molar refractivity (Wildman–Crippen MR) is 135 cm³/mol. The maximum Gasteiger partial charge on any atom is 0.289 e. The van der Waals surface area contributed by atoms with Gasteiger partial charge < -0.3 is 20.9 Å². The second-order valence-corrected chi connectivity index (χ2v) is 11.3. The molecule has 2 saturated heterocycles. The third kappa shape index (κ3) is 4.89. The first-order valence-corrected chi connectivity index (χ1v) is 13.5. The topological polar surface area (TPSA) is 142 Å². The van der Waals surface area contributed by atoms with Gasteiger partial charge in [-0.15, -0.1) is 0 Å². The highest BCUT2D eigenvalue weighted by Crippen LogP contribution is 2.55. The van der Waals surface area contributed by atoms with E-state index in [9.17, 15) is 24.0 Å². The Morgan fingerprint density at radius 3 is 2.63 bits per heavy atom. The summed E-state index contributed by atoms with van der Waals surface area (Å²) in [6.07, 6.45) is 7.30. The number of hydrogen-bond acceptors (Lipinski definition) is 6. The summed E-state index contributed by atoms with van der Waals surface area (Å²) in [5.41, 5.74) is 1.06. The monoisotopic (exact) mass is 520 g/mol. The Balaban J connectivity index is 1.23. The maximum absolute atomic E-state index is 13.7. The molecule has 2 aromatic rings. The number of nitrogens with one attached hydrogen (secondary N) is 3. The fraction of sp³-hybridized carbons (Fsp3) is 0.556. The van der Waals surface area contributed by atoms with E-state index in [1.807, 2.05) is 18.2 Å². The molecule has 0 radical (unpaired) electrons. The van der Waals surface area contributed by atoms with Crippen molar-refractivity contribution in [1.82, 2.24) is 30.5 Å². The molecule has 4 aliphatic rings. The van der Waals surface area contributed by atoms with Crippen LogP contribution in [0.3, 0.4) is 0 Å². The molecule has 4 heterocycles. The fourth-order valence-corrected chi connectivity index (χ4v) is 5.73. The van der Waals surface area contributed by atoms with Crippen LogP contribution in [0.15, 0.2) is 30.5 Å². The molecule has 3 unspecified atom stereocenters. The smallest absolute Gasteiger partial charge is 0.289 e. The predicted octanol–water partition coefficient (Wildman–Crippen LogP) is 0.578. The molecule has 2 aliphatic heterocycles. The van der Waals surface area contributed by atoms with Gasteiger partial charge in [0.25, 0.3) is 11.8 Å². The van der Waals surface area contributed by atoms with Crippen molar-refractivity contribution in [2.24, 2.45) is 11.3 Å². The first-order valence-electron chi connectivity index (χ1n) is 13.5. The fourth-order valence-electron chi connectivity index (χ4n) is 5.73. The highest BCUT2D eigenvalue weighted by molar-refractivity contribution is 6.38. The third-order valence-electron chi connectivity index (χ3n) is 8.45. The van der Waals surface area contributed by atoms with Gasteiger partial charge in [-0.25, -0.2) is 4.52 Å². The molecule has 2 saturated carbocycles. The molecule has 0 bridgehead atoms. The van der Waals surface area contributed by atoms with E-state index in [2.05, 4.69) is 21.0 Å². The summed E-state index contributed by atoms with van der Waals surface area (Å²) in [5.74, 6) is -2.94. The highest BCUT2D eigenvalue weighted by atomic mass is 16.2. The first kappa shape index (κ1) is 24.6. The first-order chi connectivity index (χ1) is 18.3. The number of piperidine rings is 1. The second-order valence-electron chi connectivity index (χ2n) is 11.3. The van der Waals surface area contributed by atoms with Crippen molar-refractivity contribution in [2.75, 3.05) is 13.1 Å². The van der Waals surface area contributed by atoms with Gasteiger partial charge in [0, 0.05) is 31.2 Å². The zero-order valence-corrected chi connectivity index (χ0v) is 21.2. The lowest BCUT2D eigenvalue weighted by molar-refractivity contribution is -0.141. The van der Waals surface area contributed by atoms with Crippen LogP contribution in [0.4, 0.5) is 0 Å². The lowest BCUT2D eigenvalue weighted by Crippen LogP contribution is -2.58. The molecule has 0 aromatic carbocycles. The number of amides is 4. The van der Waals surface area contributed by atoms with Crippen LogP contribution >= 0.6 is 0 Å². The summed E-state index contributed by atoms with van der Waals surface area (Å²) < 4.78 is 1.62. The minimum Gasteiger partial charge on any atom is -0.356 e. The van der Waals surface area contributed by atoms with Crippen molar-refractivity contribution >= 4 is 34.9 Å². The molecular weight excluding hydrogens is 488 g/mol. The Morgan fingerprint density at radius 1 is 1.13 bits per heavy atom. The second kappa shape index (κ2) is 9.52. The Bertz CT molecular complexity index is 1280. The van der Waals surface area contributed by atoms with Gasteiger partial charge in [0.05, 0.1) is 11.6 Å². The van der Waals surface area contributed by atoms with E-state index in [0.717, 1.165) is 37.6 Å². The molecule has 4 amide bonds. The van der Waals surface area contributed by atoms with Crippen LogP contribution in [0.5, 0.6) is 0 Å². The van der Waals surface area contributed by atoms with Gasteiger partial charge in [-0.3, -0.25) is 24.0 Å². The zero-order chi connectivity index (χ0) is 26.4. The minimum absolute atomic E-state index is 0.0100. The number of Topliss-reactive ketones (excluding diaryl/α,β-unsaturated/α-hetero) is 1. The van der Waals surface area contributed by atoms with Crippen molar-refractivity contribution in [2.45, 2.75) is 69.5 Å². The Kier molecular flexibility index (Phi) is 6.16. The molecule has 2 aliphatic carbocycles. The molecule has 6 rings (SSSR count). The van der Waals surface area contributed by atoms with Crippen molar-refractivity contribution in [3.63, 3.8) is 0 Å². The average Bonchev–Trinajstić information content (AvgIpc) is 3.80. The number of fused-ring (bicyclic) bond motifs is 1. The number of aromatic nitrogens is 2. The van der Waals surface area contributed by atoms with Crippen molar-refractivity contribution in [1.29, 1.82) is 0 Å². The van der Waals surface area contributed by atoms with Crippen molar-refractivity contribution < 1.29 is 24.0 Å². The Hall–Kier alpha value is -3.76. The number of carbonyl (C=O) groups is 5. The van der Waals surface area contributed by atoms with Crippen LogP contribution in [-0.2, 0) is 19.2 Å². The van der Waals surface area contributed by atoms with Gasteiger partial charge in [0.1, 0.15) is 6.04 Å². The average molecular weight is 521 g/mol. The van der Waals surface area contributed by atoms with Crippen molar-refractivity contribution in [3.8, 4) is 0 Å². The molecule has 3 N–H and O–H groups in total. The van der Waals surface area contributed by atoms with Crippen molar-refractivity contribution in [3.05, 3.63) is 36.2 Å². The lowest BCUT2D eigenvalue weighted by Gasteiger charge is -2.39. The summed E-state index contributed by atoms with van der Waals surface area (Å²) in [6.45, 7) is 0.912. The molecule has 38 heavy (non-hydrogen) atoms. The number of likely N-dealkylation sites (tertiary alicyclic amines) is 1. The zero-order valence-electron chi connectivity index (χ0n) is 21.2. The van der Waals surface area contributed by atoms with Crippen LogP contribution < -0.4 is 16.0 Å². The summed E-state index contributed by atoms with van der Waals surface area (Å²) in [7, 11) is 0. The van der Waals surface area contributed by atoms with E-state index in [0.29, 0.717) is 25.9 Å². The van der Waals surface area contributed by atoms with Gasteiger partial charge in [-0.1, -0.05) is 6.07 Å². The largest absolute Gasteiger partial charge is 0.356 e. The number of nitrogens with zero attached hydrogens (tertiary/aromatic N) is 3. The van der Waals surface area contributed by atoms with Gasteiger partial charge in [-0.05, 0) is 75.0 Å². The number of rotatable bonds is 8. The minimum atomic E-state index is -1.14. The number of hydrogen-bond donors (Lipinski definition) is 3. The van der Waals surface area contributed by atoms with E-state index < -0.39 is 35.6 Å². The quantitative estimate of drug-likeness (QED) is 0.435. The Morgan fingerprint density at radius 2 is 1.95 bits per heavy atom. The van der Waals surface area contributed by atoms with E-state index in [4.69, 9.17) is 0 Å². The van der Waals surface area contributed by atoms with Gasteiger partial charge >= 0.3 is 0 Å². The van der Waals surface area contributed by atoms with Crippen LogP contribution in [0.1, 0.15) is 61.9 Å². The molecule has 4 fully saturated rings. The van der Waals surface area contributed by atoms with Crippen LogP contribution in [0.25, 0.3) is 5.52 Å². The van der Waals surface area contributed by atoms with E-state index in [1.54, 1.807) is 21.7 Å². The summed E-state index contributed by atoms with van der Waals surface area (Å²) >= 11 is 0. The normalized spacial score (nSPS) is 24.6. The maximum atomic E-state index is 13.7. The van der Waals surface area contributed by atoms with Crippen LogP contribution in [0.2, 0.25) is 0 Å². The Labute approximate surface area is 219 Å². The highest BCUT2D eigenvalue weighted by Gasteiger charge is 2.51. The van der Waals surface area contributed by atoms with E-state index in [-0.39, 0.29) is 35.4 Å². The molecule has 2 aromatic heterocycles. The lowest BCUT2D eigenvalue weighted by atomic mass is 9.86. The number of pyridine rings is 1. The van der Waals surface area contributed by atoms with Crippen LogP contribution in [-0.4, -0.2) is 75.1 Å². The van der Waals surface area contributed by atoms with Gasteiger partial charge in [-0.2, -0.15) is 5.10 Å². The molecule has 1 spiro atoms. The summed E-state index contributed by atoms with van der Waals surface area (Å²) in [4.78, 5) is 66.9. The third-order valence-corrected chi connectivity index (χ3v) is 8.45. The SMILES string of the molecule is O=C(NC1CC1)C(=O)C(CC1CCNC1=O)NC(=O)C1CC2(CCN1C(=O)c1cc3ccccn3n1)CC2. The number of carbonyl (C=O) groups excluding carboxylic acids is 5. The van der Waals surface area contributed by atoms with Crippen LogP contribution in [0, 0.1) is 11.3 Å². The summed E-state index contributed by atoms with van der Waals surface area (Å²) in [6, 6.07) is 5.30. The van der Waals surface area contributed by atoms with Gasteiger partial charge in [0.2, 0.25) is 17.6 Å². The van der Waals surface area contributed by atoms with Gasteiger partial charge in [0.15, 0.2) is 5.69 Å². The molecule has 3 atom stereocenters. The molecule has 200 valence electrons. The molecule has 11 heteroatoms. The number of ketones is 1. The van der Waals surface area contributed by atoms with E-state index in [1.165, 1.54) is 0 Å². The molecular formula is C27H32N6O5. The molecule has 11 nitrogen and oxygen atoms in total.